The summed E-state index contributed by atoms with van der Waals surface area (Å²) >= 11 is 0. The van der Waals surface area contributed by atoms with Gasteiger partial charge in [0.25, 0.3) is 0 Å². The van der Waals surface area contributed by atoms with Crippen molar-refractivity contribution in [2.24, 2.45) is 17.8 Å². The van der Waals surface area contributed by atoms with E-state index in [2.05, 4.69) is 34.6 Å². The predicted molar refractivity (Wildman–Crippen MR) is 92.7 cm³/mol. The van der Waals surface area contributed by atoms with E-state index < -0.39 is 0 Å². The summed E-state index contributed by atoms with van der Waals surface area (Å²) in [7, 11) is 0. The molecule has 2 fully saturated rings. The molecule has 0 aromatic heterocycles. The summed E-state index contributed by atoms with van der Waals surface area (Å²) in [4.78, 5) is 1.43. The standard InChI is InChI=1S/C19H37NO3/c1-13(2)18-7-6-14(3)8-19(18)22-12-17(21)11-20-9-15(4)23-16(5)10-20/h13-19,21H,6-12H2,1-5H3/p+1/t14-,15-,16+,17+,18-,19+/m0/s1. The van der Waals surface area contributed by atoms with Crippen LogP contribution in [-0.2, 0) is 9.47 Å². The topological polar surface area (TPSA) is 43.1 Å². The van der Waals surface area contributed by atoms with Crippen molar-refractivity contribution in [3.8, 4) is 0 Å². The Morgan fingerprint density at radius 3 is 2.39 bits per heavy atom. The van der Waals surface area contributed by atoms with Gasteiger partial charge in [-0.25, -0.2) is 0 Å². The van der Waals surface area contributed by atoms with E-state index in [1.165, 1.54) is 17.7 Å². The molecule has 1 saturated carbocycles. The van der Waals surface area contributed by atoms with Crippen molar-refractivity contribution < 1.29 is 19.5 Å². The van der Waals surface area contributed by atoms with Gasteiger partial charge in [0, 0.05) is 0 Å². The number of quaternary nitrogens is 1. The van der Waals surface area contributed by atoms with Crippen molar-refractivity contribution in [2.75, 3.05) is 26.2 Å². The van der Waals surface area contributed by atoms with Crippen LogP contribution in [0.25, 0.3) is 0 Å². The molecule has 136 valence electrons. The summed E-state index contributed by atoms with van der Waals surface area (Å²) in [5, 5.41) is 10.4. The first-order valence-electron chi connectivity index (χ1n) is 9.63. The lowest BCUT2D eigenvalue weighted by Gasteiger charge is -2.38. The van der Waals surface area contributed by atoms with Crippen LogP contribution in [-0.4, -0.2) is 55.8 Å². The third-order valence-electron chi connectivity index (χ3n) is 5.61. The highest BCUT2D eigenvalue weighted by Crippen LogP contribution is 2.35. The molecule has 2 rings (SSSR count). The molecule has 4 nitrogen and oxygen atoms in total. The van der Waals surface area contributed by atoms with Crippen molar-refractivity contribution >= 4 is 0 Å². The first kappa shape index (κ1) is 19.2. The summed E-state index contributed by atoms with van der Waals surface area (Å²) in [6, 6.07) is 0. The van der Waals surface area contributed by atoms with Crippen LogP contribution in [0.3, 0.4) is 0 Å². The van der Waals surface area contributed by atoms with Crippen LogP contribution in [0.2, 0.25) is 0 Å². The molecule has 0 aromatic carbocycles. The SMILES string of the molecule is CC(C)[C@@H]1CC[C@H](C)C[C@H]1OC[C@H](O)C[NH+]1C[C@@H](C)O[C@@H](C)C1. The zero-order chi connectivity index (χ0) is 17.0. The summed E-state index contributed by atoms with van der Waals surface area (Å²) in [5.74, 6) is 2.06. The number of aliphatic hydroxyl groups is 1. The molecule has 0 amide bonds. The van der Waals surface area contributed by atoms with E-state index in [-0.39, 0.29) is 18.3 Å². The molecule has 1 saturated heterocycles. The molecule has 7 atom stereocenters. The minimum atomic E-state index is -0.368. The van der Waals surface area contributed by atoms with Crippen molar-refractivity contribution in [2.45, 2.75) is 78.3 Å². The maximum Gasteiger partial charge on any atom is 0.126 e. The molecule has 2 N–H and O–H groups in total. The molecule has 23 heavy (non-hydrogen) atoms. The van der Waals surface area contributed by atoms with Crippen LogP contribution in [0, 0.1) is 17.8 Å². The van der Waals surface area contributed by atoms with Crippen molar-refractivity contribution in [1.82, 2.24) is 0 Å². The van der Waals surface area contributed by atoms with Crippen LogP contribution in [0.1, 0.15) is 53.9 Å². The molecular weight excluding hydrogens is 290 g/mol. The highest BCUT2D eigenvalue weighted by atomic mass is 16.5. The van der Waals surface area contributed by atoms with Gasteiger partial charge in [-0.3, -0.25) is 0 Å². The monoisotopic (exact) mass is 328 g/mol. The molecular formula is C19H38NO3+. The van der Waals surface area contributed by atoms with E-state index >= 15 is 0 Å². The molecule has 1 heterocycles. The van der Waals surface area contributed by atoms with E-state index in [1.807, 2.05) is 0 Å². The second-order valence-corrected chi connectivity index (χ2v) is 8.47. The van der Waals surface area contributed by atoms with Crippen LogP contribution < -0.4 is 4.90 Å². The third kappa shape index (κ3) is 6.00. The van der Waals surface area contributed by atoms with Crippen LogP contribution >= 0.6 is 0 Å². The van der Waals surface area contributed by atoms with Crippen molar-refractivity contribution in [3.05, 3.63) is 0 Å². The quantitative estimate of drug-likeness (QED) is 0.777. The van der Waals surface area contributed by atoms with Gasteiger partial charge in [0.1, 0.15) is 37.9 Å². The van der Waals surface area contributed by atoms with E-state index in [9.17, 15) is 5.11 Å². The molecule has 1 aliphatic carbocycles. The Labute approximate surface area is 142 Å². The average Bonchev–Trinajstić information content (AvgIpc) is 2.43. The first-order chi connectivity index (χ1) is 10.8. The number of hydrogen-bond acceptors (Lipinski definition) is 3. The molecule has 0 spiro atoms. The minimum Gasteiger partial charge on any atom is -0.385 e. The molecule has 0 aromatic rings. The summed E-state index contributed by atoms with van der Waals surface area (Å²) in [6.07, 6.45) is 4.26. The molecule has 2 aliphatic rings. The Balaban J connectivity index is 1.77. The second kappa shape index (κ2) is 8.80. The fraction of sp³-hybridized carbons (Fsp3) is 1.00. The van der Waals surface area contributed by atoms with Gasteiger partial charge >= 0.3 is 0 Å². The lowest BCUT2D eigenvalue weighted by molar-refractivity contribution is -0.918. The number of ether oxygens (including phenoxy) is 2. The Hall–Kier alpha value is -0.160. The van der Waals surface area contributed by atoms with Crippen LogP contribution in [0.15, 0.2) is 0 Å². The van der Waals surface area contributed by atoms with Crippen LogP contribution in [0.5, 0.6) is 0 Å². The number of aliphatic hydroxyl groups excluding tert-OH is 1. The Morgan fingerprint density at radius 1 is 1.13 bits per heavy atom. The fourth-order valence-electron chi connectivity index (χ4n) is 4.49. The molecule has 1 aliphatic heterocycles. The molecule has 1 unspecified atom stereocenters. The lowest BCUT2D eigenvalue weighted by atomic mass is 9.75. The molecule has 0 radical (unpaired) electrons. The van der Waals surface area contributed by atoms with Crippen molar-refractivity contribution in [1.29, 1.82) is 0 Å². The zero-order valence-corrected chi connectivity index (χ0v) is 15.8. The smallest absolute Gasteiger partial charge is 0.126 e. The molecule has 4 heteroatoms. The van der Waals surface area contributed by atoms with Gasteiger partial charge in [-0.05, 0) is 44.4 Å². The van der Waals surface area contributed by atoms with E-state index in [0.717, 1.165) is 32.0 Å². The molecule has 0 bridgehead atoms. The fourth-order valence-corrected chi connectivity index (χ4v) is 4.49. The summed E-state index contributed by atoms with van der Waals surface area (Å²) < 4.78 is 12.0. The lowest BCUT2D eigenvalue weighted by Crippen LogP contribution is -3.16. The van der Waals surface area contributed by atoms with Gasteiger partial charge in [0.15, 0.2) is 0 Å². The summed E-state index contributed by atoms with van der Waals surface area (Å²) in [6.45, 7) is 14.4. The Kier molecular flexibility index (Phi) is 7.33. The Morgan fingerprint density at radius 2 is 1.78 bits per heavy atom. The van der Waals surface area contributed by atoms with Gasteiger partial charge in [0.2, 0.25) is 0 Å². The summed E-state index contributed by atoms with van der Waals surface area (Å²) in [5.41, 5.74) is 0. The normalized spacial score (nSPS) is 40.3. The predicted octanol–water partition coefficient (Wildman–Crippen LogP) is 1.52. The maximum atomic E-state index is 10.4. The second-order valence-electron chi connectivity index (χ2n) is 8.47. The van der Waals surface area contributed by atoms with Gasteiger partial charge in [-0.15, -0.1) is 0 Å². The first-order valence-corrected chi connectivity index (χ1v) is 9.63. The van der Waals surface area contributed by atoms with Crippen molar-refractivity contribution in [3.63, 3.8) is 0 Å². The minimum absolute atomic E-state index is 0.284. The largest absolute Gasteiger partial charge is 0.385 e. The van der Waals surface area contributed by atoms with E-state index in [0.29, 0.717) is 24.5 Å². The van der Waals surface area contributed by atoms with Gasteiger partial charge in [0.05, 0.1) is 12.7 Å². The van der Waals surface area contributed by atoms with Gasteiger partial charge in [-0.2, -0.15) is 0 Å². The van der Waals surface area contributed by atoms with Gasteiger partial charge < -0.3 is 19.5 Å². The average molecular weight is 329 g/mol. The third-order valence-corrected chi connectivity index (χ3v) is 5.61. The van der Waals surface area contributed by atoms with E-state index in [1.54, 1.807) is 0 Å². The van der Waals surface area contributed by atoms with Gasteiger partial charge in [-0.1, -0.05) is 27.2 Å². The number of morpholine rings is 1. The Bertz CT molecular complexity index is 340. The number of rotatable bonds is 6. The highest BCUT2D eigenvalue weighted by Gasteiger charge is 2.32. The zero-order valence-electron chi connectivity index (χ0n) is 15.8. The van der Waals surface area contributed by atoms with E-state index in [4.69, 9.17) is 9.47 Å². The van der Waals surface area contributed by atoms with Crippen LogP contribution in [0.4, 0.5) is 0 Å². The number of nitrogens with one attached hydrogen (secondary N) is 1. The highest BCUT2D eigenvalue weighted by molar-refractivity contribution is 4.81. The maximum absolute atomic E-state index is 10.4. The number of hydrogen-bond donors (Lipinski definition) is 2.